The molecule has 118 valence electrons. The van der Waals surface area contributed by atoms with Gasteiger partial charge in [0.25, 0.3) is 0 Å². The molecule has 0 saturated carbocycles. The van der Waals surface area contributed by atoms with E-state index in [0.29, 0.717) is 17.0 Å². The van der Waals surface area contributed by atoms with Gasteiger partial charge >= 0.3 is 5.97 Å². The van der Waals surface area contributed by atoms with Crippen LogP contribution in [0.25, 0.3) is 22.7 Å². The molecule has 0 N–H and O–H groups in total. The fourth-order valence-electron chi connectivity index (χ4n) is 2.53. The lowest BCUT2D eigenvalue weighted by atomic mass is 10.1. The van der Waals surface area contributed by atoms with Gasteiger partial charge in [-0.3, -0.25) is 0 Å². The molecule has 0 spiro atoms. The number of aryl methyl sites for hydroxylation is 1. The quantitative estimate of drug-likeness (QED) is 0.548. The van der Waals surface area contributed by atoms with Crippen molar-refractivity contribution in [2.24, 2.45) is 7.05 Å². The van der Waals surface area contributed by atoms with Gasteiger partial charge in [0, 0.05) is 7.05 Å². The number of methoxy groups -OCH3 is 1. The first-order valence-corrected chi connectivity index (χ1v) is 7.36. The summed E-state index contributed by atoms with van der Waals surface area (Å²) in [5, 5.41) is 9.53. The van der Waals surface area contributed by atoms with E-state index in [2.05, 4.69) is 15.8 Å². The number of benzene rings is 2. The molecular formula is C19H15N3O2. The normalized spacial score (nSPS) is 11.3. The third kappa shape index (κ3) is 2.77. The van der Waals surface area contributed by atoms with Crippen molar-refractivity contribution in [2.75, 3.05) is 7.11 Å². The molecule has 0 aliphatic heterocycles. The van der Waals surface area contributed by atoms with Crippen LogP contribution in [0.2, 0.25) is 0 Å². The van der Waals surface area contributed by atoms with E-state index in [9.17, 15) is 10.1 Å². The maximum absolute atomic E-state index is 11.5. The topological polar surface area (TPSA) is 67.9 Å². The average Bonchev–Trinajstić information content (AvgIpc) is 2.96. The molecule has 5 heteroatoms. The molecule has 0 atom stereocenters. The predicted octanol–water partition coefficient (Wildman–Crippen LogP) is 3.42. The number of hydrogen-bond donors (Lipinski definition) is 0. The number of esters is 1. The van der Waals surface area contributed by atoms with Crippen LogP contribution in [0, 0.1) is 11.3 Å². The molecule has 0 unspecified atom stereocenters. The third-order valence-corrected chi connectivity index (χ3v) is 3.79. The summed E-state index contributed by atoms with van der Waals surface area (Å²) in [5.74, 6) is 0.220. The summed E-state index contributed by atoms with van der Waals surface area (Å²) in [6, 6.07) is 16.8. The number of nitrogens with zero attached hydrogens (tertiary/aromatic N) is 3. The summed E-state index contributed by atoms with van der Waals surface area (Å²) < 4.78 is 6.57. The summed E-state index contributed by atoms with van der Waals surface area (Å²) in [6.45, 7) is 0. The van der Waals surface area contributed by atoms with E-state index in [0.717, 1.165) is 16.6 Å². The van der Waals surface area contributed by atoms with Crippen molar-refractivity contribution in [3.05, 3.63) is 65.5 Å². The number of para-hydroxylation sites is 2. The molecule has 3 rings (SSSR count). The Hall–Kier alpha value is -3.39. The molecule has 0 bridgehead atoms. The molecule has 3 aromatic rings. The van der Waals surface area contributed by atoms with Gasteiger partial charge in [0.05, 0.1) is 29.3 Å². The first-order chi connectivity index (χ1) is 11.6. The first-order valence-electron chi connectivity index (χ1n) is 7.36. The Morgan fingerprint density at radius 3 is 2.54 bits per heavy atom. The summed E-state index contributed by atoms with van der Waals surface area (Å²) in [4.78, 5) is 16.0. The van der Waals surface area contributed by atoms with Crippen LogP contribution in [-0.4, -0.2) is 22.6 Å². The molecule has 5 nitrogen and oxygen atoms in total. The van der Waals surface area contributed by atoms with Crippen LogP contribution in [-0.2, 0) is 11.8 Å². The minimum atomic E-state index is -0.388. The molecule has 0 amide bonds. The van der Waals surface area contributed by atoms with Gasteiger partial charge in [-0.1, -0.05) is 24.3 Å². The fourth-order valence-corrected chi connectivity index (χ4v) is 2.53. The van der Waals surface area contributed by atoms with Crippen LogP contribution < -0.4 is 0 Å². The lowest BCUT2D eigenvalue weighted by Crippen LogP contribution is -2.00. The number of carbonyl (C=O) groups is 1. The smallest absolute Gasteiger partial charge is 0.337 e. The zero-order valence-corrected chi connectivity index (χ0v) is 13.4. The zero-order chi connectivity index (χ0) is 17.1. The second kappa shape index (κ2) is 6.39. The van der Waals surface area contributed by atoms with Crippen molar-refractivity contribution in [3.63, 3.8) is 0 Å². The fraction of sp³-hybridized carbons (Fsp3) is 0.105. The molecule has 0 saturated heterocycles. The van der Waals surface area contributed by atoms with Crippen LogP contribution in [0.1, 0.15) is 21.7 Å². The number of rotatable bonds is 3. The number of nitriles is 1. The van der Waals surface area contributed by atoms with Gasteiger partial charge in [0.15, 0.2) is 5.82 Å². The highest BCUT2D eigenvalue weighted by Gasteiger charge is 2.12. The van der Waals surface area contributed by atoms with E-state index < -0.39 is 0 Å². The van der Waals surface area contributed by atoms with E-state index in [4.69, 9.17) is 0 Å². The largest absolute Gasteiger partial charge is 0.465 e. The number of allylic oxidation sites excluding steroid dienone is 1. The number of ether oxygens (including phenoxy) is 1. The lowest BCUT2D eigenvalue weighted by molar-refractivity contribution is 0.0600. The van der Waals surface area contributed by atoms with Crippen LogP contribution in [0.5, 0.6) is 0 Å². The van der Waals surface area contributed by atoms with Crippen molar-refractivity contribution in [2.45, 2.75) is 0 Å². The highest BCUT2D eigenvalue weighted by atomic mass is 16.5. The Kier molecular flexibility index (Phi) is 4.13. The van der Waals surface area contributed by atoms with Gasteiger partial charge in [-0.15, -0.1) is 0 Å². The Bertz CT molecular complexity index is 976. The zero-order valence-electron chi connectivity index (χ0n) is 13.4. The first kappa shape index (κ1) is 15.5. The number of aromatic nitrogens is 2. The minimum Gasteiger partial charge on any atom is -0.465 e. The van der Waals surface area contributed by atoms with Crippen LogP contribution in [0.4, 0.5) is 0 Å². The number of hydrogen-bond acceptors (Lipinski definition) is 4. The molecule has 0 fully saturated rings. The van der Waals surface area contributed by atoms with E-state index in [-0.39, 0.29) is 5.97 Å². The summed E-state index contributed by atoms with van der Waals surface area (Å²) >= 11 is 0. The van der Waals surface area contributed by atoms with Crippen LogP contribution in [0.15, 0.2) is 48.5 Å². The molecular weight excluding hydrogens is 302 g/mol. The van der Waals surface area contributed by atoms with Crippen molar-refractivity contribution in [1.29, 1.82) is 5.26 Å². The van der Waals surface area contributed by atoms with Crippen molar-refractivity contribution in [1.82, 2.24) is 9.55 Å². The standard InChI is InChI=1S/C19H15N3O2/c1-22-17-6-4-3-5-16(17)21-18(22)15(12-20)11-13-7-9-14(10-8-13)19(23)24-2/h3-11H,1-2H3/b15-11-. The summed E-state index contributed by atoms with van der Waals surface area (Å²) in [5.41, 5.74) is 3.55. The second-order valence-corrected chi connectivity index (χ2v) is 5.27. The predicted molar refractivity (Wildman–Crippen MR) is 92.0 cm³/mol. The van der Waals surface area contributed by atoms with Crippen molar-refractivity contribution < 1.29 is 9.53 Å². The van der Waals surface area contributed by atoms with Crippen LogP contribution >= 0.6 is 0 Å². The summed E-state index contributed by atoms with van der Waals surface area (Å²) in [7, 11) is 3.23. The molecule has 2 aromatic carbocycles. The lowest BCUT2D eigenvalue weighted by Gasteiger charge is -2.02. The minimum absolute atomic E-state index is 0.388. The summed E-state index contributed by atoms with van der Waals surface area (Å²) in [6.07, 6.45) is 1.75. The van der Waals surface area contributed by atoms with E-state index in [1.807, 2.05) is 35.9 Å². The van der Waals surface area contributed by atoms with Gasteiger partial charge in [-0.2, -0.15) is 5.26 Å². The maximum atomic E-state index is 11.5. The molecule has 1 aromatic heterocycles. The van der Waals surface area contributed by atoms with Gasteiger partial charge in [-0.25, -0.2) is 9.78 Å². The Morgan fingerprint density at radius 2 is 1.92 bits per heavy atom. The van der Waals surface area contributed by atoms with Gasteiger partial charge in [-0.05, 0) is 35.9 Å². The molecule has 0 aliphatic carbocycles. The van der Waals surface area contributed by atoms with Crippen molar-refractivity contribution >= 4 is 28.7 Å². The number of carbonyl (C=O) groups excluding carboxylic acids is 1. The van der Waals surface area contributed by atoms with Gasteiger partial charge in [0.1, 0.15) is 6.07 Å². The Morgan fingerprint density at radius 1 is 1.21 bits per heavy atom. The SMILES string of the molecule is COC(=O)c1ccc(/C=C(/C#N)c2nc3ccccc3n2C)cc1. The molecule has 0 aliphatic rings. The Balaban J connectivity index is 2.01. The molecule has 0 radical (unpaired) electrons. The second-order valence-electron chi connectivity index (χ2n) is 5.27. The van der Waals surface area contributed by atoms with Crippen LogP contribution in [0.3, 0.4) is 0 Å². The highest BCUT2D eigenvalue weighted by Crippen LogP contribution is 2.22. The monoisotopic (exact) mass is 317 g/mol. The molecule has 1 heterocycles. The van der Waals surface area contributed by atoms with E-state index in [1.54, 1.807) is 30.3 Å². The van der Waals surface area contributed by atoms with E-state index >= 15 is 0 Å². The van der Waals surface area contributed by atoms with E-state index in [1.165, 1.54) is 7.11 Å². The maximum Gasteiger partial charge on any atom is 0.337 e. The Labute approximate surface area is 139 Å². The number of imidazole rings is 1. The van der Waals surface area contributed by atoms with Crippen molar-refractivity contribution in [3.8, 4) is 6.07 Å². The number of fused-ring (bicyclic) bond motifs is 1. The van der Waals surface area contributed by atoms with Gasteiger partial charge in [0.2, 0.25) is 0 Å². The highest BCUT2D eigenvalue weighted by molar-refractivity contribution is 5.92. The average molecular weight is 317 g/mol. The van der Waals surface area contributed by atoms with Gasteiger partial charge < -0.3 is 9.30 Å². The molecule has 24 heavy (non-hydrogen) atoms. The third-order valence-electron chi connectivity index (χ3n) is 3.79.